The Bertz CT molecular complexity index is 534. The highest BCUT2D eigenvalue weighted by molar-refractivity contribution is 9.10. The SMILES string of the molecule is COc1cccc(-n2nc(Br)cc2CC(C)C)c1. The van der Waals surface area contributed by atoms with Crippen molar-refractivity contribution >= 4 is 15.9 Å². The molecule has 1 heterocycles. The number of aromatic nitrogens is 2. The molecule has 18 heavy (non-hydrogen) atoms. The van der Waals surface area contributed by atoms with Gasteiger partial charge < -0.3 is 4.74 Å². The number of hydrogen-bond acceptors (Lipinski definition) is 2. The van der Waals surface area contributed by atoms with Crippen molar-refractivity contribution in [1.82, 2.24) is 9.78 Å². The van der Waals surface area contributed by atoms with Gasteiger partial charge in [0, 0.05) is 11.8 Å². The van der Waals surface area contributed by atoms with Gasteiger partial charge in [-0.3, -0.25) is 0 Å². The van der Waals surface area contributed by atoms with Crippen molar-refractivity contribution in [2.75, 3.05) is 7.11 Å². The van der Waals surface area contributed by atoms with Gasteiger partial charge in [0.2, 0.25) is 0 Å². The van der Waals surface area contributed by atoms with Crippen LogP contribution in [0.15, 0.2) is 34.9 Å². The van der Waals surface area contributed by atoms with Crippen LogP contribution >= 0.6 is 15.9 Å². The van der Waals surface area contributed by atoms with E-state index < -0.39 is 0 Å². The second-order valence-electron chi connectivity index (χ2n) is 4.67. The van der Waals surface area contributed by atoms with E-state index in [0.29, 0.717) is 5.92 Å². The first-order chi connectivity index (χ1) is 8.60. The van der Waals surface area contributed by atoms with Gasteiger partial charge in [0.05, 0.1) is 12.8 Å². The van der Waals surface area contributed by atoms with Gasteiger partial charge >= 0.3 is 0 Å². The fourth-order valence-electron chi connectivity index (χ4n) is 1.92. The van der Waals surface area contributed by atoms with Crippen LogP contribution in [0.4, 0.5) is 0 Å². The van der Waals surface area contributed by atoms with Crippen molar-refractivity contribution in [3.05, 3.63) is 40.6 Å². The molecule has 0 radical (unpaired) electrons. The van der Waals surface area contributed by atoms with E-state index in [1.165, 1.54) is 5.69 Å². The number of ether oxygens (including phenoxy) is 1. The van der Waals surface area contributed by atoms with Gasteiger partial charge in [-0.05, 0) is 46.5 Å². The fraction of sp³-hybridized carbons (Fsp3) is 0.357. The van der Waals surface area contributed by atoms with Crippen molar-refractivity contribution in [1.29, 1.82) is 0 Å². The van der Waals surface area contributed by atoms with Crippen molar-refractivity contribution in [2.45, 2.75) is 20.3 Å². The average Bonchev–Trinajstić information content (AvgIpc) is 2.69. The first-order valence-corrected chi connectivity index (χ1v) is 6.78. The summed E-state index contributed by atoms with van der Waals surface area (Å²) >= 11 is 3.44. The highest BCUT2D eigenvalue weighted by atomic mass is 79.9. The Morgan fingerprint density at radius 1 is 1.33 bits per heavy atom. The Morgan fingerprint density at radius 3 is 2.78 bits per heavy atom. The highest BCUT2D eigenvalue weighted by Crippen LogP contribution is 2.21. The molecule has 0 amide bonds. The van der Waals surface area contributed by atoms with Crippen LogP contribution in [0, 0.1) is 5.92 Å². The second kappa shape index (κ2) is 5.57. The number of methoxy groups -OCH3 is 1. The standard InChI is InChI=1S/C14H17BrN2O/c1-10(2)7-12-9-14(15)16-17(12)11-5-4-6-13(8-11)18-3/h4-6,8-10H,7H2,1-3H3. The summed E-state index contributed by atoms with van der Waals surface area (Å²) in [6, 6.07) is 10.0. The minimum Gasteiger partial charge on any atom is -0.497 e. The number of rotatable bonds is 4. The number of benzene rings is 1. The maximum absolute atomic E-state index is 5.25. The van der Waals surface area contributed by atoms with Gasteiger partial charge in [0.25, 0.3) is 0 Å². The van der Waals surface area contributed by atoms with Gasteiger partial charge in [0.15, 0.2) is 0 Å². The second-order valence-corrected chi connectivity index (χ2v) is 5.48. The molecule has 0 spiro atoms. The van der Waals surface area contributed by atoms with E-state index in [0.717, 1.165) is 22.5 Å². The smallest absolute Gasteiger partial charge is 0.128 e. The largest absolute Gasteiger partial charge is 0.497 e. The summed E-state index contributed by atoms with van der Waals surface area (Å²) in [5, 5.41) is 4.49. The van der Waals surface area contributed by atoms with E-state index in [2.05, 4.69) is 40.9 Å². The lowest BCUT2D eigenvalue weighted by atomic mass is 10.1. The normalized spacial score (nSPS) is 10.9. The summed E-state index contributed by atoms with van der Waals surface area (Å²) in [6.45, 7) is 4.41. The minimum absolute atomic E-state index is 0.595. The van der Waals surface area contributed by atoms with Gasteiger partial charge in [0.1, 0.15) is 10.4 Å². The predicted molar refractivity (Wildman–Crippen MR) is 76.4 cm³/mol. The quantitative estimate of drug-likeness (QED) is 0.858. The zero-order valence-corrected chi connectivity index (χ0v) is 12.4. The van der Waals surface area contributed by atoms with E-state index in [4.69, 9.17) is 4.74 Å². The maximum atomic E-state index is 5.25. The zero-order valence-electron chi connectivity index (χ0n) is 10.9. The molecule has 0 aliphatic carbocycles. The molecule has 2 rings (SSSR count). The minimum atomic E-state index is 0.595. The molecule has 1 aromatic carbocycles. The van der Waals surface area contributed by atoms with Crippen LogP contribution in [0.2, 0.25) is 0 Å². The number of hydrogen-bond donors (Lipinski definition) is 0. The molecule has 2 aromatic rings. The van der Waals surface area contributed by atoms with Gasteiger partial charge in [-0.1, -0.05) is 19.9 Å². The molecule has 0 bridgehead atoms. The number of nitrogens with zero attached hydrogens (tertiary/aromatic N) is 2. The zero-order chi connectivity index (χ0) is 13.1. The first-order valence-electron chi connectivity index (χ1n) is 5.99. The lowest BCUT2D eigenvalue weighted by molar-refractivity contribution is 0.414. The molecule has 0 atom stereocenters. The summed E-state index contributed by atoms with van der Waals surface area (Å²) in [5.41, 5.74) is 2.22. The molecule has 4 heteroatoms. The summed E-state index contributed by atoms with van der Waals surface area (Å²) in [4.78, 5) is 0. The summed E-state index contributed by atoms with van der Waals surface area (Å²) in [6.07, 6.45) is 0.996. The van der Waals surface area contributed by atoms with Crippen molar-refractivity contribution < 1.29 is 4.74 Å². The lowest BCUT2D eigenvalue weighted by Gasteiger charge is -2.10. The van der Waals surface area contributed by atoms with Gasteiger partial charge in [-0.15, -0.1) is 0 Å². The van der Waals surface area contributed by atoms with Crippen LogP contribution in [0.3, 0.4) is 0 Å². The topological polar surface area (TPSA) is 27.1 Å². The van der Waals surface area contributed by atoms with Crippen LogP contribution in [-0.4, -0.2) is 16.9 Å². The van der Waals surface area contributed by atoms with Gasteiger partial charge in [-0.2, -0.15) is 5.10 Å². The Labute approximate surface area is 116 Å². The third-order valence-electron chi connectivity index (χ3n) is 2.67. The number of halogens is 1. The molecule has 0 N–H and O–H groups in total. The Morgan fingerprint density at radius 2 is 2.11 bits per heavy atom. The van der Waals surface area contributed by atoms with E-state index in [9.17, 15) is 0 Å². The first kappa shape index (κ1) is 13.1. The maximum Gasteiger partial charge on any atom is 0.128 e. The molecule has 96 valence electrons. The van der Waals surface area contributed by atoms with Crippen molar-refractivity contribution in [3.63, 3.8) is 0 Å². The molecule has 3 nitrogen and oxygen atoms in total. The van der Waals surface area contributed by atoms with Gasteiger partial charge in [-0.25, -0.2) is 4.68 Å². The van der Waals surface area contributed by atoms with Crippen molar-refractivity contribution in [3.8, 4) is 11.4 Å². The molecule has 0 saturated heterocycles. The third-order valence-corrected chi connectivity index (χ3v) is 3.06. The summed E-state index contributed by atoms with van der Waals surface area (Å²) < 4.78 is 8.08. The van der Waals surface area contributed by atoms with Crippen LogP contribution in [-0.2, 0) is 6.42 Å². The Kier molecular flexibility index (Phi) is 4.07. The fourth-order valence-corrected chi connectivity index (χ4v) is 2.34. The average molecular weight is 309 g/mol. The summed E-state index contributed by atoms with van der Waals surface area (Å²) in [7, 11) is 1.67. The van der Waals surface area contributed by atoms with Crippen LogP contribution in [0.5, 0.6) is 5.75 Å². The van der Waals surface area contributed by atoms with E-state index >= 15 is 0 Å². The lowest BCUT2D eigenvalue weighted by Crippen LogP contribution is -2.05. The molecular formula is C14H17BrN2O. The van der Waals surface area contributed by atoms with E-state index in [1.807, 2.05) is 28.9 Å². The third kappa shape index (κ3) is 2.93. The van der Waals surface area contributed by atoms with E-state index in [-0.39, 0.29) is 0 Å². The van der Waals surface area contributed by atoms with Crippen molar-refractivity contribution in [2.24, 2.45) is 5.92 Å². The molecule has 0 unspecified atom stereocenters. The molecule has 1 aromatic heterocycles. The molecular weight excluding hydrogens is 292 g/mol. The molecule has 0 fully saturated rings. The molecule has 0 aliphatic rings. The van der Waals surface area contributed by atoms with E-state index in [1.54, 1.807) is 7.11 Å². The monoisotopic (exact) mass is 308 g/mol. The molecule has 0 aliphatic heterocycles. The van der Waals surface area contributed by atoms with Crippen LogP contribution in [0.25, 0.3) is 5.69 Å². The predicted octanol–water partition coefficient (Wildman–Crippen LogP) is 3.84. The highest BCUT2D eigenvalue weighted by Gasteiger charge is 2.10. The molecule has 0 saturated carbocycles. The Balaban J connectivity index is 2.42. The van der Waals surface area contributed by atoms with Crippen LogP contribution < -0.4 is 4.74 Å². The summed E-state index contributed by atoms with van der Waals surface area (Å²) in [5.74, 6) is 1.44. The van der Waals surface area contributed by atoms with Crippen LogP contribution in [0.1, 0.15) is 19.5 Å². The Hall–Kier alpha value is -1.29.